The van der Waals surface area contributed by atoms with Gasteiger partial charge in [-0.05, 0) is 123 Å². The molecule has 2 aromatic carbocycles. The van der Waals surface area contributed by atoms with Gasteiger partial charge in [-0.15, -0.1) is 0 Å². The maximum atomic E-state index is 13.3. The summed E-state index contributed by atoms with van der Waals surface area (Å²) in [4.78, 5) is 15.7. The molecule has 46 heavy (non-hydrogen) atoms. The van der Waals surface area contributed by atoms with Crippen LogP contribution in [0, 0.1) is 11.8 Å². The van der Waals surface area contributed by atoms with Crippen molar-refractivity contribution in [2.24, 2.45) is 11.8 Å². The molecule has 2 bridgehead atoms. The summed E-state index contributed by atoms with van der Waals surface area (Å²) in [6.45, 7) is 13.9. The third-order valence-electron chi connectivity index (χ3n) is 11.4. The van der Waals surface area contributed by atoms with Crippen LogP contribution >= 0.6 is 11.6 Å². The van der Waals surface area contributed by atoms with Gasteiger partial charge >= 0.3 is 10.2 Å². The van der Waals surface area contributed by atoms with Crippen LogP contribution in [0.1, 0.15) is 87.2 Å². The van der Waals surface area contributed by atoms with Gasteiger partial charge < -0.3 is 14.1 Å². The van der Waals surface area contributed by atoms with Crippen molar-refractivity contribution in [1.82, 2.24) is 9.44 Å². The highest BCUT2D eigenvalue weighted by molar-refractivity contribution is 7.88. The number of nitrogens with zero attached hydrogens (tertiary/aromatic N) is 1. The molecule has 11 heteroatoms. The second-order valence-corrected chi connectivity index (χ2v) is 22.2. The molecule has 6 rings (SSSR count). The molecule has 0 unspecified atom stereocenters. The third-order valence-corrected chi connectivity index (χ3v) is 17.2. The van der Waals surface area contributed by atoms with Gasteiger partial charge in [0.2, 0.25) is 0 Å². The minimum Gasteiger partial charge on any atom is -0.490 e. The molecule has 2 aliphatic heterocycles. The molecule has 2 N–H and O–H groups in total. The quantitative estimate of drug-likeness (QED) is 0.331. The van der Waals surface area contributed by atoms with E-state index in [9.17, 15) is 13.2 Å². The van der Waals surface area contributed by atoms with Crippen molar-refractivity contribution in [2.45, 2.75) is 102 Å². The molecule has 1 amide bonds. The van der Waals surface area contributed by atoms with Crippen LogP contribution in [-0.2, 0) is 26.5 Å². The van der Waals surface area contributed by atoms with Gasteiger partial charge in [0.15, 0.2) is 8.32 Å². The number of carbonyl (C=O) groups excluding carboxylic acids is 1. The van der Waals surface area contributed by atoms with Crippen LogP contribution in [0.4, 0.5) is 5.69 Å². The van der Waals surface area contributed by atoms with Gasteiger partial charge in [-0.3, -0.25) is 4.79 Å². The summed E-state index contributed by atoms with van der Waals surface area (Å²) in [7, 11) is -6.05. The molecule has 0 radical (unpaired) electrons. The fourth-order valence-electron chi connectivity index (χ4n) is 7.66. The number of anilines is 1. The lowest BCUT2D eigenvalue weighted by Gasteiger charge is -2.49. The van der Waals surface area contributed by atoms with E-state index in [-0.39, 0.29) is 23.1 Å². The number of fused-ring (bicyclic) bond motifs is 4. The Bertz CT molecular complexity index is 1580. The van der Waals surface area contributed by atoms with E-state index < -0.39 is 24.4 Å². The van der Waals surface area contributed by atoms with E-state index >= 15 is 0 Å². The Morgan fingerprint density at radius 2 is 1.87 bits per heavy atom. The van der Waals surface area contributed by atoms with Crippen LogP contribution in [-0.4, -0.2) is 55.0 Å². The summed E-state index contributed by atoms with van der Waals surface area (Å²) >= 11 is 6.45. The lowest BCUT2D eigenvalue weighted by Crippen LogP contribution is -2.52. The highest BCUT2D eigenvalue weighted by atomic mass is 35.5. The summed E-state index contributed by atoms with van der Waals surface area (Å²) in [5.74, 6) is 0.936. The predicted molar refractivity (Wildman–Crippen MR) is 187 cm³/mol. The van der Waals surface area contributed by atoms with Gasteiger partial charge in [0.25, 0.3) is 5.91 Å². The van der Waals surface area contributed by atoms with Crippen LogP contribution in [0.3, 0.4) is 0 Å². The van der Waals surface area contributed by atoms with Crippen molar-refractivity contribution >= 4 is 41.7 Å². The van der Waals surface area contributed by atoms with E-state index in [2.05, 4.69) is 60.3 Å². The van der Waals surface area contributed by atoms with Crippen LogP contribution in [0.2, 0.25) is 23.2 Å². The summed E-state index contributed by atoms with van der Waals surface area (Å²) in [6.07, 6.45) is 7.85. The average Bonchev–Trinajstić information content (AvgIpc) is 3.10. The van der Waals surface area contributed by atoms with Crippen molar-refractivity contribution in [3.8, 4) is 5.75 Å². The van der Waals surface area contributed by atoms with Crippen LogP contribution in [0.15, 0.2) is 36.4 Å². The van der Waals surface area contributed by atoms with Crippen molar-refractivity contribution in [3.63, 3.8) is 0 Å². The second kappa shape index (κ2) is 12.7. The summed E-state index contributed by atoms with van der Waals surface area (Å²) in [6, 6.07) is 11.6. The fraction of sp³-hybridized carbons (Fsp3) is 0.629. The van der Waals surface area contributed by atoms with Gasteiger partial charge in [0, 0.05) is 41.7 Å². The summed E-state index contributed by atoms with van der Waals surface area (Å²) in [5, 5.41) is 0.847. The van der Waals surface area contributed by atoms with E-state index in [1.165, 1.54) is 11.1 Å². The predicted octanol–water partition coefficient (Wildman–Crippen LogP) is 6.98. The Balaban J connectivity index is 1.40. The van der Waals surface area contributed by atoms with Crippen LogP contribution < -0.4 is 19.1 Å². The number of rotatable bonds is 2. The number of ether oxygens (including phenoxy) is 1. The van der Waals surface area contributed by atoms with Gasteiger partial charge in [-0.2, -0.15) is 13.1 Å². The smallest absolute Gasteiger partial charge is 0.301 e. The van der Waals surface area contributed by atoms with Gasteiger partial charge in [-0.25, -0.2) is 4.72 Å². The SMILES string of the molecule is CC(C)(C)[Si](C)(C)O[C@H]1CCCCNS(=O)(=O)NC(=O)c2ccc3c(c2)N(C[C@@H]2CC[C@H]21)C[C@@]1(CCCc2cc(Cl)ccc21)CO3. The van der Waals surface area contributed by atoms with Gasteiger partial charge in [0.05, 0.1) is 12.3 Å². The highest BCUT2D eigenvalue weighted by Gasteiger charge is 2.47. The van der Waals surface area contributed by atoms with E-state index in [0.717, 1.165) is 74.5 Å². The Morgan fingerprint density at radius 1 is 1.07 bits per heavy atom. The first kappa shape index (κ1) is 33.8. The number of nitrogens with one attached hydrogen (secondary N) is 2. The largest absolute Gasteiger partial charge is 0.490 e. The Morgan fingerprint density at radius 3 is 2.61 bits per heavy atom. The molecular formula is C35H50ClN3O5SSi. The third kappa shape index (κ3) is 6.88. The number of carbonyl (C=O) groups is 1. The molecule has 1 spiro atoms. The number of hydrogen-bond donors (Lipinski definition) is 2. The molecule has 1 saturated carbocycles. The zero-order valence-corrected chi connectivity index (χ0v) is 30.5. The Labute approximate surface area is 281 Å². The molecule has 2 aromatic rings. The molecule has 4 atom stereocenters. The molecule has 0 aromatic heterocycles. The van der Waals surface area contributed by atoms with E-state index in [4.69, 9.17) is 20.8 Å². The first-order valence-electron chi connectivity index (χ1n) is 17.0. The van der Waals surface area contributed by atoms with Gasteiger partial charge in [-0.1, -0.05) is 38.4 Å². The van der Waals surface area contributed by atoms with Crippen molar-refractivity contribution < 1.29 is 22.4 Å². The molecule has 1 fully saturated rings. The highest BCUT2D eigenvalue weighted by Crippen LogP contribution is 2.48. The standard InChI is InChI=1S/C35H50ClN3O5SSi/c1-34(2,3)46(4,5)44-31-10-6-7-18-37-45(41,42)38-33(40)25-12-16-32-30(20-25)39(21-26-11-14-28(26)31)22-35(23-43-32)17-8-9-24-19-27(36)13-15-29(24)35/h12-13,15-16,19-20,26,28,31,37H,6-11,14,17-18,21-23H2,1-5H3,(H,38,40)/t26-,28+,31-,35-/m0/s1. The van der Waals surface area contributed by atoms with E-state index in [1.807, 2.05) is 18.2 Å². The topological polar surface area (TPSA) is 97.0 Å². The van der Waals surface area contributed by atoms with Gasteiger partial charge in [0.1, 0.15) is 5.75 Å². The van der Waals surface area contributed by atoms with Crippen LogP contribution in [0.25, 0.3) is 0 Å². The van der Waals surface area contributed by atoms with Crippen LogP contribution in [0.5, 0.6) is 5.75 Å². The number of benzene rings is 2. The van der Waals surface area contributed by atoms with Crippen molar-refractivity contribution in [2.75, 3.05) is 31.1 Å². The molecule has 0 saturated heterocycles. The number of hydrogen-bond acceptors (Lipinski definition) is 6. The van der Waals surface area contributed by atoms with Crippen molar-refractivity contribution in [1.29, 1.82) is 0 Å². The lowest BCUT2D eigenvalue weighted by molar-refractivity contribution is 0.0172. The first-order chi connectivity index (χ1) is 21.7. The Hall–Kier alpha value is -2.11. The monoisotopic (exact) mass is 687 g/mol. The molecule has 2 heterocycles. The van der Waals surface area contributed by atoms with E-state index in [0.29, 0.717) is 30.4 Å². The minimum atomic E-state index is -4.01. The van der Waals surface area contributed by atoms with Crippen molar-refractivity contribution in [3.05, 3.63) is 58.1 Å². The summed E-state index contributed by atoms with van der Waals surface area (Å²) < 4.78 is 44.2. The molecule has 8 nitrogen and oxygen atoms in total. The number of halogens is 1. The fourth-order valence-corrected chi connectivity index (χ4v) is 10.1. The molecular weight excluding hydrogens is 638 g/mol. The second-order valence-electron chi connectivity index (χ2n) is 15.5. The Kier molecular flexibility index (Phi) is 9.35. The zero-order valence-electron chi connectivity index (χ0n) is 28.0. The van der Waals surface area contributed by atoms with E-state index in [1.54, 1.807) is 6.07 Å². The average molecular weight is 688 g/mol. The minimum absolute atomic E-state index is 0.0937. The molecule has 2 aliphatic carbocycles. The lowest BCUT2D eigenvalue weighted by atomic mass is 9.68. The molecule has 4 aliphatic rings. The molecule has 252 valence electrons. The number of aryl methyl sites for hydroxylation is 1. The normalized spacial score (nSPS) is 28.6. The maximum Gasteiger partial charge on any atom is 0.301 e. The number of amides is 1. The first-order valence-corrected chi connectivity index (χ1v) is 21.7. The summed E-state index contributed by atoms with van der Waals surface area (Å²) in [5.41, 5.74) is 3.48. The zero-order chi connectivity index (χ0) is 32.9. The maximum absolute atomic E-state index is 13.3.